The van der Waals surface area contributed by atoms with Crippen molar-refractivity contribution >= 4 is 27.8 Å². The van der Waals surface area contributed by atoms with Crippen molar-refractivity contribution in [2.75, 3.05) is 13.1 Å². The number of hydrogen-bond acceptors (Lipinski definition) is 3. The van der Waals surface area contributed by atoms with Gasteiger partial charge in [-0.15, -0.1) is 0 Å². The number of azide groups is 1. The molecule has 2 atom stereocenters. The number of nitrogens with zero attached hydrogens (tertiary/aromatic N) is 4. The fourth-order valence-corrected chi connectivity index (χ4v) is 2.70. The first-order valence-electron chi connectivity index (χ1n) is 6.31. The van der Waals surface area contributed by atoms with Crippen LogP contribution in [0.5, 0.6) is 0 Å². The van der Waals surface area contributed by atoms with E-state index in [9.17, 15) is 14.7 Å². The Morgan fingerprint density at radius 1 is 1.52 bits per heavy atom. The third kappa shape index (κ3) is 3.53. The minimum absolute atomic E-state index is 0.134. The minimum atomic E-state index is -1.07. The Balaban J connectivity index is 2.23. The van der Waals surface area contributed by atoms with Gasteiger partial charge in [-0.1, -0.05) is 33.2 Å². The van der Waals surface area contributed by atoms with Gasteiger partial charge in [0.2, 0.25) is 5.91 Å². The van der Waals surface area contributed by atoms with E-state index in [1.165, 1.54) is 4.90 Å². The molecule has 1 saturated heterocycles. The fourth-order valence-electron chi connectivity index (χ4n) is 2.43. The van der Waals surface area contributed by atoms with Crippen LogP contribution in [0.4, 0.5) is 0 Å². The molecule has 7 nitrogen and oxygen atoms in total. The minimum Gasteiger partial charge on any atom is -0.479 e. The van der Waals surface area contributed by atoms with E-state index in [2.05, 4.69) is 26.0 Å². The molecule has 2 rings (SSSR count). The van der Waals surface area contributed by atoms with Gasteiger partial charge in [0.15, 0.2) is 6.04 Å². The van der Waals surface area contributed by atoms with Gasteiger partial charge in [0.05, 0.1) is 0 Å². The highest BCUT2D eigenvalue weighted by atomic mass is 79.9. The summed E-state index contributed by atoms with van der Waals surface area (Å²) in [6.07, 6.45) is 0.208. The Hall–Kier alpha value is -2.05. The SMILES string of the molecule is [N-]=[N+]=NCC1CC(=O)N(C(C(=O)O)c2ccc(Br)cc2)C1. The topological polar surface area (TPSA) is 106 Å². The first kappa shape index (κ1) is 15.3. The summed E-state index contributed by atoms with van der Waals surface area (Å²) in [6.45, 7) is 0.482. The number of amides is 1. The summed E-state index contributed by atoms with van der Waals surface area (Å²) in [4.78, 5) is 27.6. The number of carbonyl (C=O) groups excluding carboxylic acids is 1. The van der Waals surface area contributed by atoms with Gasteiger partial charge in [0.25, 0.3) is 0 Å². The van der Waals surface area contributed by atoms with Crippen molar-refractivity contribution in [1.29, 1.82) is 0 Å². The maximum Gasteiger partial charge on any atom is 0.331 e. The molecule has 1 N–H and O–H groups in total. The molecular formula is C13H13BrN4O3. The third-order valence-electron chi connectivity index (χ3n) is 3.37. The second-order valence-electron chi connectivity index (χ2n) is 4.82. The van der Waals surface area contributed by atoms with Crippen molar-refractivity contribution in [3.05, 3.63) is 44.7 Å². The summed E-state index contributed by atoms with van der Waals surface area (Å²) >= 11 is 3.29. The lowest BCUT2D eigenvalue weighted by Crippen LogP contribution is -2.35. The highest BCUT2D eigenvalue weighted by Gasteiger charge is 2.38. The molecule has 0 spiro atoms. The predicted octanol–water partition coefficient (Wildman–Crippen LogP) is 2.73. The number of hydrogen-bond donors (Lipinski definition) is 1. The quantitative estimate of drug-likeness (QED) is 0.500. The van der Waals surface area contributed by atoms with Gasteiger partial charge in [-0.05, 0) is 29.1 Å². The van der Waals surface area contributed by atoms with Gasteiger partial charge in [-0.2, -0.15) is 0 Å². The standard InChI is InChI=1S/C13H13BrN4O3/c14-10-3-1-9(2-4-10)12(13(20)21)18-7-8(5-11(18)19)6-16-17-15/h1-4,8,12H,5-7H2,(H,20,21). The van der Waals surface area contributed by atoms with Crippen LogP contribution in [0, 0.1) is 5.92 Å². The number of halogens is 1. The Kier molecular flexibility index (Phi) is 4.82. The van der Waals surface area contributed by atoms with E-state index in [0.29, 0.717) is 5.56 Å². The van der Waals surface area contributed by atoms with Crippen LogP contribution in [-0.2, 0) is 9.59 Å². The van der Waals surface area contributed by atoms with E-state index in [-0.39, 0.29) is 31.3 Å². The molecular weight excluding hydrogens is 340 g/mol. The first-order chi connectivity index (χ1) is 10.0. The normalized spacial score (nSPS) is 19.2. The van der Waals surface area contributed by atoms with Crippen molar-refractivity contribution in [2.24, 2.45) is 11.0 Å². The molecule has 1 amide bonds. The molecule has 8 heteroatoms. The summed E-state index contributed by atoms with van der Waals surface area (Å²) in [5.41, 5.74) is 8.87. The molecule has 1 aromatic rings. The lowest BCUT2D eigenvalue weighted by atomic mass is 10.1. The molecule has 0 aromatic heterocycles. The van der Waals surface area contributed by atoms with Crippen molar-refractivity contribution in [3.63, 3.8) is 0 Å². The van der Waals surface area contributed by atoms with Gasteiger partial charge in [0, 0.05) is 28.9 Å². The largest absolute Gasteiger partial charge is 0.479 e. The van der Waals surface area contributed by atoms with E-state index in [0.717, 1.165) is 4.47 Å². The van der Waals surface area contributed by atoms with E-state index in [1.54, 1.807) is 24.3 Å². The van der Waals surface area contributed by atoms with Gasteiger partial charge < -0.3 is 10.0 Å². The van der Waals surface area contributed by atoms with Crippen molar-refractivity contribution < 1.29 is 14.7 Å². The molecule has 1 aliphatic rings. The van der Waals surface area contributed by atoms with Crippen LogP contribution in [0.15, 0.2) is 33.9 Å². The lowest BCUT2D eigenvalue weighted by Gasteiger charge is -2.25. The average molecular weight is 353 g/mol. The molecule has 0 saturated carbocycles. The van der Waals surface area contributed by atoms with Gasteiger partial charge in [0.1, 0.15) is 0 Å². The molecule has 1 aliphatic heterocycles. The number of rotatable bonds is 5. The second-order valence-corrected chi connectivity index (χ2v) is 5.74. The molecule has 1 heterocycles. The molecule has 0 radical (unpaired) electrons. The summed E-state index contributed by atoms with van der Waals surface area (Å²) in [5.74, 6) is -1.44. The summed E-state index contributed by atoms with van der Waals surface area (Å²) in [5, 5.41) is 12.9. The number of aliphatic carboxylic acids is 1. The molecule has 2 unspecified atom stereocenters. The monoisotopic (exact) mass is 352 g/mol. The zero-order chi connectivity index (χ0) is 15.4. The number of benzene rings is 1. The molecule has 0 aliphatic carbocycles. The Labute approximate surface area is 129 Å². The second kappa shape index (κ2) is 6.60. The fraction of sp³-hybridized carbons (Fsp3) is 0.385. The molecule has 1 fully saturated rings. The van der Waals surface area contributed by atoms with E-state index >= 15 is 0 Å². The average Bonchev–Trinajstić information content (AvgIpc) is 2.80. The van der Waals surface area contributed by atoms with E-state index in [1.807, 2.05) is 0 Å². The first-order valence-corrected chi connectivity index (χ1v) is 7.11. The molecule has 110 valence electrons. The zero-order valence-corrected chi connectivity index (χ0v) is 12.6. The molecule has 21 heavy (non-hydrogen) atoms. The van der Waals surface area contributed by atoms with Crippen LogP contribution in [0.3, 0.4) is 0 Å². The van der Waals surface area contributed by atoms with Crippen LogP contribution in [0.1, 0.15) is 18.0 Å². The van der Waals surface area contributed by atoms with Crippen LogP contribution in [-0.4, -0.2) is 35.0 Å². The maximum absolute atomic E-state index is 12.1. The Morgan fingerprint density at radius 3 is 2.76 bits per heavy atom. The summed E-state index contributed by atoms with van der Waals surface area (Å²) in [7, 11) is 0. The highest BCUT2D eigenvalue weighted by molar-refractivity contribution is 9.10. The summed E-state index contributed by atoms with van der Waals surface area (Å²) in [6, 6.07) is 5.82. The zero-order valence-electron chi connectivity index (χ0n) is 11.0. The highest BCUT2D eigenvalue weighted by Crippen LogP contribution is 2.30. The van der Waals surface area contributed by atoms with Gasteiger partial charge in [-0.25, -0.2) is 4.79 Å². The lowest BCUT2D eigenvalue weighted by molar-refractivity contribution is -0.148. The van der Waals surface area contributed by atoms with Crippen molar-refractivity contribution in [2.45, 2.75) is 12.5 Å². The van der Waals surface area contributed by atoms with Crippen molar-refractivity contribution in [3.8, 4) is 0 Å². The molecule has 1 aromatic carbocycles. The Morgan fingerprint density at radius 2 is 2.19 bits per heavy atom. The van der Waals surface area contributed by atoms with E-state index in [4.69, 9.17) is 5.53 Å². The maximum atomic E-state index is 12.1. The van der Waals surface area contributed by atoms with E-state index < -0.39 is 12.0 Å². The number of carboxylic acids is 1. The number of likely N-dealkylation sites (tertiary alicyclic amines) is 1. The number of carbonyl (C=O) groups is 2. The van der Waals surface area contributed by atoms with Gasteiger partial charge >= 0.3 is 5.97 Å². The van der Waals surface area contributed by atoms with Crippen LogP contribution < -0.4 is 0 Å². The Bertz CT molecular complexity index is 598. The third-order valence-corrected chi connectivity index (χ3v) is 3.90. The van der Waals surface area contributed by atoms with Gasteiger partial charge in [-0.3, -0.25) is 4.79 Å². The predicted molar refractivity (Wildman–Crippen MR) is 78.4 cm³/mol. The number of carboxylic acid groups (broad SMARTS) is 1. The van der Waals surface area contributed by atoms with Crippen LogP contribution >= 0.6 is 15.9 Å². The molecule has 0 bridgehead atoms. The smallest absolute Gasteiger partial charge is 0.331 e. The van der Waals surface area contributed by atoms with Crippen LogP contribution in [0.2, 0.25) is 0 Å². The van der Waals surface area contributed by atoms with Crippen molar-refractivity contribution in [1.82, 2.24) is 4.90 Å². The van der Waals surface area contributed by atoms with Crippen LogP contribution in [0.25, 0.3) is 10.4 Å². The summed E-state index contributed by atoms with van der Waals surface area (Å²) < 4.78 is 0.837.